The Bertz CT molecular complexity index is 702. The molecule has 1 aromatic carbocycles. The van der Waals surface area contributed by atoms with Gasteiger partial charge in [-0.05, 0) is 32.2 Å². The highest BCUT2D eigenvalue weighted by molar-refractivity contribution is 6.30. The predicted octanol–water partition coefficient (Wildman–Crippen LogP) is 3.02. The van der Waals surface area contributed by atoms with Gasteiger partial charge in [-0.25, -0.2) is 4.39 Å². The second-order valence-corrected chi connectivity index (χ2v) is 5.43. The fourth-order valence-electron chi connectivity index (χ4n) is 2.24. The molecule has 0 aliphatic heterocycles. The molecule has 0 aliphatic rings. The number of halogens is 2. The minimum atomic E-state index is -0.310. The van der Waals surface area contributed by atoms with Crippen molar-refractivity contribution in [1.82, 2.24) is 14.7 Å². The minimum absolute atomic E-state index is 0.310. The zero-order valence-corrected chi connectivity index (χ0v) is 12.9. The van der Waals surface area contributed by atoms with Gasteiger partial charge in [-0.15, -0.1) is 0 Å². The maximum Gasteiger partial charge on any atom is 0.131 e. The van der Waals surface area contributed by atoms with E-state index in [1.54, 1.807) is 17.8 Å². The molecule has 0 bridgehead atoms. The predicted molar refractivity (Wildman–Crippen MR) is 79.2 cm³/mol. The van der Waals surface area contributed by atoms with Crippen molar-refractivity contribution >= 4 is 11.6 Å². The van der Waals surface area contributed by atoms with Crippen molar-refractivity contribution in [3.05, 3.63) is 51.6 Å². The van der Waals surface area contributed by atoms with Gasteiger partial charge in [0.25, 0.3) is 0 Å². The Balaban J connectivity index is 2.15. The van der Waals surface area contributed by atoms with E-state index in [9.17, 15) is 4.39 Å². The highest BCUT2D eigenvalue weighted by atomic mass is 35.5. The summed E-state index contributed by atoms with van der Waals surface area (Å²) in [5.74, 6) is -0.310. The molecule has 0 atom stereocenters. The summed E-state index contributed by atoms with van der Waals surface area (Å²) >= 11 is 6.20. The van der Waals surface area contributed by atoms with Crippen LogP contribution in [0.5, 0.6) is 0 Å². The van der Waals surface area contributed by atoms with E-state index in [-0.39, 0.29) is 5.82 Å². The lowest BCUT2D eigenvalue weighted by molar-refractivity contribution is 0.313. The molecule has 0 amide bonds. The van der Waals surface area contributed by atoms with Crippen LogP contribution in [-0.2, 0) is 20.1 Å². The number of aryl methyl sites for hydroxylation is 2. The molecule has 1 aromatic heterocycles. The Morgan fingerprint density at radius 2 is 2.14 bits per heavy atom. The highest BCUT2D eigenvalue weighted by Crippen LogP contribution is 2.21. The van der Waals surface area contributed by atoms with Crippen LogP contribution in [0.3, 0.4) is 0 Å². The van der Waals surface area contributed by atoms with Crippen molar-refractivity contribution in [1.29, 1.82) is 5.26 Å². The molecule has 2 rings (SSSR count). The van der Waals surface area contributed by atoms with E-state index in [1.807, 2.05) is 24.9 Å². The number of nitrogens with zero attached hydrogens (tertiary/aromatic N) is 4. The van der Waals surface area contributed by atoms with E-state index >= 15 is 0 Å². The first kappa shape index (κ1) is 15.5. The van der Waals surface area contributed by atoms with Crippen LogP contribution in [0.4, 0.5) is 4.39 Å². The summed E-state index contributed by atoms with van der Waals surface area (Å²) in [6.45, 7) is 2.85. The summed E-state index contributed by atoms with van der Waals surface area (Å²) in [4.78, 5) is 1.94. The van der Waals surface area contributed by atoms with Crippen molar-refractivity contribution < 1.29 is 4.39 Å². The molecule has 1 heterocycles. The van der Waals surface area contributed by atoms with Crippen LogP contribution in [0.25, 0.3) is 0 Å². The van der Waals surface area contributed by atoms with E-state index < -0.39 is 0 Å². The number of nitriles is 1. The third-order valence-electron chi connectivity index (χ3n) is 3.31. The molecule has 0 aliphatic carbocycles. The first-order chi connectivity index (χ1) is 9.92. The normalized spacial score (nSPS) is 10.9. The summed E-state index contributed by atoms with van der Waals surface area (Å²) < 4.78 is 15.4. The molecule has 0 saturated carbocycles. The number of hydrogen-bond donors (Lipinski definition) is 0. The zero-order valence-electron chi connectivity index (χ0n) is 12.2. The molecule has 0 radical (unpaired) electrons. The monoisotopic (exact) mass is 306 g/mol. The van der Waals surface area contributed by atoms with Crippen molar-refractivity contribution in [3.8, 4) is 6.07 Å². The molecule has 0 fully saturated rings. The maximum absolute atomic E-state index is 13.8. The summed E-state index contributed by atoms with van der Waals surface area (Å²) in [7, 11) is 3.66. The first-order valence-electron chi connectivity index (χ1n) is 6.47. The molecule has 110 valence electrons. The fourth-order valence-corrected chi connectivity index (χ4v) is 2.47. The van der Waals surface area contributed by atoms with Gasteiger partial charge in [0.2, 0.25) is 0 Å². The smallest absolute Gasteiger partial charge is 0.131 e. The lowest BCUT2D eigenvalue weighted by Gasteiger charge is -2.17. The average Bonchev–Trinajstić information content (AvgIpc) is 2.68. The molecular formula is C15H16ClFN4. The van der Waals surface area contributed by atoms with Gasteiger partial charge in [0, 0.05) is 31.3 Å². The van der Waals surface area contributed by atoms with Crippen LogP contribution in [0, 0.1) is 24.1 Å². The van der Waals surface area contributed by atoms with Gasteiger partial charge in [-0.1, -0.05) is 11.6 Å². The third kappa shape index (κ3) is 3.41. The standard InChI is InChI=1S/C15H16ClFN4/c1-10-13(15(16)21(3)19-10)9-20(2)8-12-6-11(7-18)4-5-14(12)17/h4-6H,8-9H2,1-3H3. The van der Waals surface area contributed by atoms with Crippen LogP contribution < -0.4 is 0 Å². The molecule has 0 N–H and O–H groups in total. The first-order valence-corrected chi connectivity index (χ1v) is 6.85. The molecule has 21 heavy (non-hydrogen) atoms. The lowest BCUT2D eigenvalue weighted by Crippen LogP contribution is -2.18. The van der Waals surface area contributed by atoms with Gasteiger partial charge < -0.3 is 0 Å². The number of hydrogen-bond acceptors (Lipinski definition) is 3. The minimum Gasteiger partial charge on any atom is -0.298 e. The summed E-state index contributed by atoms with van der Waals surface area (Å²) in [5, 5.41) is 13.7. The summed E-state index contributed by atoms with van der Waals surface area (Å²) in [6.07, 6.45) is 0. The van der Waals surface area contributed by atoms with Gasteiger partial charge in [-0.3, -0.25) is 9.58 Å². The molecular weight excluding hydrogens is 291 g/mol. The Morgan fingerprint density at radius 1 is 1.43 bits per heavy atom. The van der Waals surface area contributed by atoms with E-state index in [4.69, 9.17) is 16.9 Å². The zero-order chi connectivity index (χ0) is 15.6. The summed E-state index contributed by atoms with van der Waals surface area (Å²) in [5.41, 5.74) is 2.74. The molecule has 2 aromatic rings. The SMILES string of the molecule is Cc1nn(C)c(Cl)c1CN(C)Cc1cc(C#N)ccc1F. The largest absolute Gasteiger partial charge is 0.298 e. The van der Waals surface area contributed by atoms with Crippen molar-refractivity contribution in [2.45, 2.75) is 20.0 Å². The second kappa shape index (κ2) is 6.25. The van der Waals surface area contributed by atoms with Crippen LogP contribution in [0.15, 0.2) is 18.2 Å². The van der Waals surface area contributed by atoms with Gasteiger partial charge in [0.1, 0.15) is 11.0 Å². The maximum atomic E-state index is 13.8. The number of aromatic nitrogens is 2. The van der Waals surface area contributed by atoms with Gasteiger partial charge >= 0.3 is 0 Å². The Morgan fingerprint density at radius 3 is 2.71 bits per heavy atom. The van der Waals surface area contributed by atoms with Gasteiger partial charge in [0.15, 0.2) is 0 Å². The Hall–Kier alpha value is -1.90. The molecule has 0 spiro atoms. The van der Waals surface area contributed by atoms with Gasteiger partial charge in [-0.2, -0.15) is 10.4 Å². The van der Waals surface area contributed by atoms with Crippen molar-refractivity contribution in [2.75, 3.05) is 7.05 Å². The van der Waals surface area contributed by atoms with Crippen LogP contribution >= 0.6 is 11.6 Å². The molecule has 0 saturated heterocycles. The average molecular weight is 307 g/mol. The lowest BCUT2D eigenvalue weighted by atomic mass is 10.1. The Kier molecular flexibility index (Phi) is 4.61. The summed E-state index contributed by atoms with van der Waals surface area (Å²) in [6, 6.07) is 6.39. The quantitative estimate of drug-likeness (QED) is 0.872. The van der Waals surface area contributed by atoms with Crippen LogP contribution in [0.2, 0.25) is 5.15 Å². The van der Waals surface area contributed by atoms with Crippen LogP contribution in [-0.4, -0.2) is 21.7 Å². The fraction of sp³-hybridized carbons (Fsp3) is 0.333. The highest BCUT2D eigenvalue weighted by Gasteiger charge is 2.14. The molecule has 0 unspecified atom stereocenters. The van der Waals surface area contributed by atoms with Crippen molar-refractivity contribution in [3.63, 3.8) is 0 Å². The topological polar surface area (TPSA) is 44.9 Å². The van der Waals surface area contributed by atoms with Crippen molar-refractivity contribution in [2.24, 2.45) is 7.05 Å². The third-order valence-corrected chi connectivity index (χ3v) is 3.79. The molecule has 6 heteroatoms. The van der Waals surface area contributed by atoms with E-state index in [2.05, 4.69) is 5.10 Å². The van der Waals surface area contributed by atoms with Crippen LogP contribution in [0.1, 0.15) is 22.4 Å². The molecule has 4 nitrogen and oxygen atoms in total. The second-order valence-electron chi connectivity index (χ2n) is 5.07. The number of rotatable bonds is 4. The Labute approximate surface area is 128 Å². The van der Waals surface area contributed by atoms with E-state index in [0.29, 0.717) is 29.4 Å². The number of benzene rings is 1. The van der Waals surface area contributed by atoms with E-state index in [0.717, 1.165) is 11.3 Å². The van der Waals surface area contributed by atoms with E-state index in [1.165, 1.54) is 12.1 Å². The van der Waals surface area contributed by atoms with Gasteiger partial charge in [0.05, 0.1) is 17.3 Å².